The van der Waals surface area contributed by atoms with Crippen LogP contribution in [0.3, 0.4) is 0 Å². The molecule has 0 amide bonds. The minimum absolute atomic E-state index is 0. The quantitative estimate of drug-likeness (QED) is 0.759. The van der Waals surface area contributed by atoms with Crippen molar-refractivity contribution >= 4 is 5.97 Å². The van der Waals surface area contributed by atoms with Gasteiger partial charge in [0.2, 0.25) is 5.82 Å². The largest absolute Gasteiger partial charge is 0.475 e. The Labute approximate surface area is 136 Å². The molecule has 1 fully saturated rings. The number of fused-ring (bicyclic) bond motifs is 1. The number of esters is 1. The van der Waals surface area contributed by atoms with Crippen LogP contribution in [0.25, 0.3) is 0 Å². The Kier molecular flexibility index (Phi) is 4.55. The maximum atomic E-state index is 14.0. The molecule has 0 N–H and O–H groups in total. The fourth-order valence-electron chi connectivity index (χ4n) is 3.36. The first-order valence-corrected chi connectivity index (χ1v) is 8.30. The molecular weight excluding hydrogens is 302 g/mol. The summed E-state index contributed by atoms with van der Waals surface area (Å²) in [7, 11) is 0. The normalized spacial score (nSPS) is 27.0. The fraction of sp³-hybridized carbons (Fsp3) is 0.611. The van der Waals surface area contributed by atoms with Gasteiger partial charge < -0.3 is 9.47 Å². The SMILES string of the molecule is Cc1cc2c(c(F)c1F)OC(C(=O)OC1CCC(C)CC1)CC2.[HH]. The van der Waals surface area contributed by atoms with Crippen LogP contribution in [0.2, 0.25) is 0 Å². The van der Waals surface area contributed by atoms with Gasteiger partial charge in [-0.05, 0) is 68.6 Å². The van der Waals surface area contributed by atoms with Crippen molar-refractivity contribution in [3.8, 4) is 5.75 Å². The molecule has 128 valence electrons. The van der Waals surface area contributed by atoms with Crippen LogP contribution in [-0.4, -0.2) is 18.2 Å². The highest BCUT2D eigenvalue weighted by Gasteiger charge is 2.33. The Morgan fingerprint density at radius 2 is 1.91 bits per heavy atom. The molecule has 3 nitrogen and oxygen atoms in total. The monoisotopic (exact) mass is 326 g/mol. The van der Waals surface area contributed by atoms with Crippen LogP contribution in [0.1, 0.15) is 51.6 Å². The predicted molar refractivity (Wildman–Crippen MR) is 83.5 cm³/mol. The second kappa shape index (κ2) is 6.46. The average Bonchev–Trinajstić information content (AvgIpc) is 2.54. The van der Waals surface area contributed by atoms with Gasteiger partial charge in [-0.2, -0.15) is 4.39 Å². The molecule has 0 bridgehead atoms. The van der Waals surface area contributed by atoms with Gasteiger partial charge in [0.05, 0.1) is 0 Å². The van der Waals surface area contributed by atoms with Crippen LogP contribution in [0.4, 0.5) is 8.78 Å². The summed E-state index contributed by atoms with van der Waals surface area (Å²) in [6, 6.07) is 1.58. The van der Waals surface area contributed by atoms with E-state index in [-0.39, 0.29) is 18.8 Å². The van der Waals surface area contributed by atoms with Gasteiger partial charge in [0.25, 0.3) is 0 Å². The van der Waals surface area contributed by atoms with E-state index in [9.17, 15) is 13.6 Å². The van der Waals surface area contributed by atoms with E-state index in [0.717, 1.165) is 25.7 Å². The first-order valence-electron chi connectivity index (χ1n) is 8.30. The Balaban J connectivity index is 0.00000208. The van der Waals surface area contributed by atoms with Gasteiger partial charge in [0.15, 0.2) is 17.7 Å². The molecule has 0 saturated heterocycles. The van der Waals surface area contributed by atoms with E-state index in [1.165, 1.54) is 6.92 Å². The minimum atomic E-state index is -1.01. The fourth-order valence-corrected chi connectivity index (χ4v) is 3.36. The van der Waals surface area contributed by atoms with Crippen molar-refractivity contribution in [2.45, 2.75) is 64.6 Å². The standard InChI is InChI=1S/C18H22F2O3.H2/c1-10-3-6-13(7-4-10)22-18(21)14-8-5-12-9-11(2)15(19)16(20)17(12)23-14;/h9-10,13-14H,3-8H2,1-2H3;1H. The molecule has 2 aliphatic rings. The molecule has 1 saturated carbocycles. The molecule has 1 unspecified atom stereocenters. The number of rotatable bonds is 2. The Morgan fingerprint density at radius 3 is 2.61 bits per heavy atom. The van der Waals surface area contributed by atoms with Crippen LogP contribution in [-0.2, 0) is 16.0 Å². The van der Waals surface area contributed by atoms with Crippen molar-refractivity contribution in [2.24, 2.45) is 5.92 Å². The molecule has 1 aliphatic carbocycles. The first kappa shape index (κ1) is 16.2. The van der Waals surface area contributed by atoms with Crippen molar-refractivity contribution in [1.82, 2.24) is 0 Å². The second-order valence-corrected chi connectivity index (χ2v) is 6.77. The van der Waals surface area contributed by atoms with Crippen molar-refractivity contribution < 1.29 is 24.5 Å². The van der Waals surface area contributed by atoms with Crippen molar-refractivity contribution in [3.63, 3.8) is 0 Å². The molecule has 0 radical (unpaired) electrons. The molecule has 1 aliphatic heterocycles. The highest BCUT2D eigenvalue weighted by atomic mass is 19.2. The summed E-state index contributed by atoms with van der Waals surface area (Å²) in [6.45, 7) is 3.71. The molecular formula is C18H24F2O3. The predicted octanol–water partition coefficient (Wildman–Crippen LogP) is 4.33. The number of carbonyl (C=O) groups excluding carboxylic acids is 1. The van der Waals surface area contributed by atoms with Gasteiger partial charge >= 0.3 is 5.97 Å². The van der Waals surface area contributed by atoms with E-state index in [0.29, 0.717) is 24.3 Å². The number of ether oxygens (including phenoxy) is 2. The molecule has 0 spiro atoms. The minimum Gasteiger partial charge on any atom is -0.475 e. The Morgan fingerprint density at radius 1 is 1.22 bits per heavy atom. The summed E-state index contributed by atoms with van der Waals surface area (Å²) in [4.78, 5) is 12.3. The van der Waals surface area contributed by atoms with Crippen LogP contribution in [0.15, 0.2) is 6.07 Å². The lowest BCUT2D eigenvalue weighted by Crippen LogP contribution is -2.36. The summed E-state index contributed by atoms with van der Waals surface area (Å²) in [5, 5.41) is 0. The number of aryl methyl sites for hydroxylation is 2. The van der Waals surface area contributed by atoms with Crippen molar-refractivity contribution in [1.29, 1.82) is 0 Å². The van der Waals surface area contributed by atoms with E-state index in [1.807, 2.05) is 0 Å². The lowest BCUT2D eigenvalue weighted by atomic mass is 9.89. The highest BCUT2D eigenvalue weighted by molar-refractivity contribution is 5.76. The van der Waals surface area contributed by atoms with Gasteiger partial charge in [0.1, 0.15) is 6.10 Å². The number of halogens is 2. The lowest BCUT2D eigenvalue weighted by molar-refractivity contribution is -0.160. The van der Waals surface area contributed by atoms with E-state index < -0.39 is 23.7 Å². The molecule has 1 aromatic carbocycles. The van der Waals surface area contributed by atoms with Crippen LogP contribution >= 0.6 is 0 Å². The molecule has 0 aromatic heterocycles. The third-order valence-corrected chi connectivity index (χ3v) is 4.87. The maximum Gasteiger partial charge on any atom is 0.347 e. The first-order chi connectivity index (χ1) is 11.0. The average molecular weight is 326 g/mol. The van der Waals surface area contributed by atoms with E-state index in [2.05, 4.69) is 6.92 Å². The van der Waals surface area contributed by atoms with Gasteiger partial charge in [-0.15, -0.1) is 0 Å². The third-order valence-electron chi connectivity index (χ3n) is 4.87. The number of benzene rings is 1. The summed E-state index contributed by atoms with van der Waals surface area (Å²) in [5.41, 5.74) is 0.860. The van der Waals surface area contributed by atoms with Crippen molar-refractivity contribution in [3.05, 3.63) is 28.8 Å². The molecule has 5 heteroatoms. The molecule has 1 aromatic rings. The Hall–Kier alpha value is -1.65. The molecule has 23 heavy (non-hydrogen) atoms. The summed E-state index contributed by atoms with van der Waals surface area (Å²) < 4.78 is 38.7. The van der Waals surface area contributed by atoms with Gasteiger partial charge in [0, 0.05) is 1.43 Å². The Bertz CT molecular complexity index is 613. The zero-order chi connectivity index (χ0) is 16.6. The van der Waals surface area contributed by atoms with Gasteiger partial charge in [-0.25, -0.2) is 9.18 Å². The molecule has 1 heterocycles. The maximum absolute atomic E-state index is 14.0. The summed E-state index contributed by atoms with van der Waals surface area (Å²) >= 11 is 0. The third kappa shape index (κ3) is 3.33. The highest BCUT2D eigenvalue weighted by Crippen LogP contribution is 2.34. The second-order valence-electron chi connectivity index (χ2n) is 6.77. The molecule has 3 rings (SSSR count). The van der Waals surface area contributed by atoms with Crippen molar-refractivity contribution in [2.75, 3.05) is 0 Å². The summed E-state index contributed by atoms with van der Waals surface area (Å²) in [5.74, 6) is -1.86. The smallest absolute Gasteiger partial charge is 0.347 e. The molecule has 1 atom stereocenters. The number of hydrogen-bond donors (Lipinski definition) is 0. The van der Waals surface area contributed by atoms with Gasteiger partial charge in [-0.3, -0.25) is 0 Å². The van der Waals surface area contributed by atoms with Gasteiger partial charge in [-0.1, -0.05) is 6.92 Å². The van der Waals surface area contributed by atoms with Crippen LogP contribution < -0.4 is 4.74 Å². The van der Waals surface area contributed by atoms with E-state index in [4.69, 9.17) is 9.47 Å². The lowest BCUT2D eigenvalue weighted by Gasteiger charge is -2.30. The number of hydrogen-bond acceptors (Lipinski definition) is 3. The number of carbonyl (C=O) groups is 1. The van der Waals surface area contributed by atoms with E-state index >= 15 is 0 Å². The van der Waals surface area contributed by atoms with E-state index in [1.54, 1.807) is 6.07 Å². The zero-order valence-electron chi connectivity index (χ0n) is 13.5. The van der Waals surface area contributed by atoms with Crippen LogP contribution in [0.5, 0.6) is 5.75 Å². The zero-order valence-corrected chi connectivity index (χ0v) is 13.5. The summed E-state index contributed by atoms with van der Waals surface area (Å²) in [6.07, 6.45) is 3.80. The topological polar surface area (TPSA) is 35.5 Å². The van der Waals surface area contributed by atoms with Crippen LogP contribution in [0, 0.1) is 24.5 Å².